The standard InChI is InChI=1S/C10H11FN4OS/c1-6(16)7-3-4-9(8(11)5-7)17-10-12-13-14-15(10)2/h3-6,16H,1-2H3. The maximum Gasteiger partial charge on any atom is 0.213 e. The first-order chi connectivity index (χ1) is 8.08. The summed E-state index contributed by atoms with van der Waals surface area (Å²) in [5.74, 6) is -0.392. The number of aliphatic hydroxyl groups excluding tert-OH is 1. The Kier molecular flexibility index (Phi) is 3.39. The highest BCUT2D eigenvalue weighted by atomic mass is 32.2. The van der Waals surface area contributed by atoms with Gasteiger partial charge in [0.2, 0.25) is 5.16 Å². The van der Waals surface area contributed by atoms with Gasteiger partial charge in [0.15, 0.2) is 0 Å². The van der Waals surface area contributed by atoms with Crippen LogP contribution in [0.4, 0.5) is 4.39 Å². The van der Waals surface area contributed by atoms with Crippen molar-refractivity contribution in [2.24, 2.45) is 7.05 Å². The fourth-order valence-electron chi connectivity index (χ4n) is 1.27. The molecule has 0 spiro atoms. The molecule has 0 fully saturated rings. The fourth-order valence-corrected chi connectivity index (χ4v) is 2.00. The van der Waals surface area contributed by atoms with Crippen LogP contribution in [0.2, 0.25) is 0 Å². The highest BCUT2D eigenvalue weighted by Crippen LogP contribution is 2.29. The highest BCUT2D eigenvalue weighted by molar-refractivity contribution is 7.99. The third-order valence-corrected chi connectivity index (χ3v) is 3.30. The Morgan fingerprint density at radius 2 is 2.24 bits per heavy atom. The predicted octanol–water partition coefficient (Wildman–Crippen LogP) is 1.55. The van der Waals surface area contributed by atoms with E-state index in [2.05, 4.69) is 15.5 Å². The normalized spacial score (nSPS) is 12.7. The van der Waals surface area contributed by atoms with Gasteiger partial charge in [-0.2, -0.15) is 0 Å². The van der Waals surface area contributed by atoms with Crippen molar-refractivity contribution in [3.05, 3.63) is 29.6 Å². The predicted molar refractivity (Wildman–Crippen MR) is 60.0 cm³/mol. The molecule has 0 radical (unpaired) electrons. The molecule has 5 nitrogen and oxygen atoms in total. The van der Waals surface area contributed by atoms with Gasteiger partial charge in [-0.3, -0.25) is 0 Å². The summed E-state index contributed by atoms with van der Waals surface area (Å²) >= 11 is 1.14. The van der Waals surface area contributed by atoms with Crippen LogP contribution in [0.5, 0.6) is 0 Å². The Labute approximate surface area is 102 Å². The van der Waals surface area contributed by atoms with E-state index < -0.39 is 11.9 Å². The Morgan fingerprint density at radius 3 is 2.76 bits per heavy atom. The van der Waals surface area contributed by atoms with Gasteiger partial charge in [0, 0.05) is 7.05 Å². The Hall–Kier alpha value is -1.47. The lowest BCUT2D eigenvalue weighted by Gasteiger charge is -2.07. The van der Waals surface area contributed by atoms with E-state index in [1.165, 1.54) is 10.7 Å². The van der Waals surface area contributed by atoms with E-state index in [1.54, 1.807) is 26.1 Å². The number of hydrogen-bond acceptors (Lipinski definition) is 5. The molecule has 17 heavy (non-hydrogen) atoms. The number of benzene rings is 1. The maximum atomic E-state index is 13.7. The molecule has 0 amide bonds. The van der Waals surface area contributed by atoms with E-state index in [0.717, 1.165) is 11.8 Å². The van der Waals surface area contributed by atoms with Crippen molar-refractivity contribution in [3.8, 4) is 0 Å². The molecule has 1 N–H and O–H groups in total. The molecule has 0 aliphatic heterocycles. The van der Waals surface area contributed by atoms with Crippen molar-refractivity contribution in [1.29, 1.82) is 0 Å². The summed E-state index contributed by atoms with van der Waals surface area (Å²) < 4.78 is 15.2. The Bertz CT molecular complexity index is 529. The molecule has 0 saturated carbocycles. The van der Waals surface area contributed by atoms with Gasteiger partial charge in [0.1, 0.15) is 5.82 Å². The minimum Gasteiger partial charge on any atom is -0.389 e. The lowest BCUT2D eigenvalue weighted by molar-refractivity contribution is 0.198. The number of aromatic nitrogens is 4. The summed E-state index contributed by atoms with van der Waals surface area (Å²) in [7, 11) is 1.68. The molecule has 1 aromatic heterocycles. The molecule has 90 valence electrons. The van der Waals surface area contributed by atoms with Crippen molar-refractivity contribution in [2.75, 3.05) is 0 Å². The van der Waals surface area contributed by atoms with Gasteiger partial charge >= 0.3 is 0 Å². The zero-order chi connectivity index (χ0) is 12.4. The molecule has 7 heteroatoms. The zero-order valence-corrected chi connectivity index (χ0v) is 10.1. The molecule has 1 aromatic carbocycles. The van der Waals surface area contributed by atoms with E-state index in [0.29, 0.717) is 15.6 Å². The number of tetrazole rings is 1. The number of rotatable bonds is 3. The maximum absolute atomic E-state index is 13.7. The highest BCUT2D eigenvalue weighted by Gasteiger charge is 2.11. The topological polar surface area (TPSA) is 63.8 Å². The van der Waals surface area contributed by atoms with Gasteiger partial charge in [-0.25, -0.2) is 9.07 Å². The SMILES string of the molecule is CC(O)c1ccc(Sc2nnnn2C)c(F)c1. The first-order valence-electron chi connectivity index (χ1n) is 4.95. The van der Waals surface area contributed by atoms with Crippen LogP contribution < -0.4 is 0 Å². The zero-order valence-electron chi connectivity index (χ0n) is 9.33. The van der Waals surface area contributed by atoms with Gasteiger partial charge in [0.05, 0.1) is 11.0 Å². The van der Waals surface area contributed by atoms with Crippen LogP contribution in [0.25, 0.3) is 0 Å². The third-order valence-electron chi connectivity index (χ3n) is 2.22. The summed E-state index contributed by atoms with van der Waals surface area (Å²) in [6.07, 6.45) is -0.681. The largest absolute Gasteiger partial charge is 0.389 e. The second kappa shape index (κ2) is 4.80. The van der Waals surface area contributed by atoms with Crippen molar-refractivity contribution >= 4 is 11.8 Å². The Balaban J connectivity index is 2.26. The summed E-state index contributed by atoms with van der Waals surface area (Å²) in [5, 5.41) is 20.7. The molecule has 1 heterocycles. The summed E-state index contributed by atoms with van der Waals surface area (Å²) in [4.78, 5) is 0.423. The number of nitrogens with zero attached hydrogens (tertiary/aromatic N) is 4. The summed E-state index contributed by atoms with van der Waals surface area (Å²) in [5.41, 5.74) is 0.544. The minimum atomic E-state index is -0.681. The second-order valence-electron chi connectivity index (χ2n) is 3.55. The van der Waals surface area contributed by atoms with Crippen molar-refractivity contribution < 1.29 is 9.50 Å². The smallest absolute Gasteiger partial charge is 0.213 e. The van der Waals surface area contributed by atoms with E-state index in [1.807, 2.05) is 0 Å². The van der Waals surface area contributed by atoms with Crippen molar-refractivity contribution in [1.82, 2.24) is 20.2 Å². The lowest BCUT2D eigenvalue weighted by Crippen LogP contribution is -1.95. The van der Waals surface area contributed by atoms with Gasteiger partial charge in [0.25, 0.3) is 0 Å². The second-order valence-corrected chi connectivity index (χ2v) is 4.56. The number of halogens is 1. The van der Waals surface area contributed by atoms with E-state index in [9.17, 15) is 9.50 Å². The van der Waals surface area contributed by atoms with Gasteiger partial charge in [-0.15, -0.1) is 5.10 Å². The monoisotopic (exact) mass is 254 g/mol. The van der Waals surface area contributed by atoms with Crippen LogP contribution in [0, 0.1) is 5.82 Å². The lowest BCUT2D eigenvalue weighted by atomic mass is 10.1. The molecule has 2 rings (SSSR count). The average molecular weight is 254 g/mol. The van der Waals surface area contributed by atoms with Gasteiger partial charge < -0.3 is 5.11 Å². The van der Waals surface area contributed by atoms with E-state index >= 15 is 0 Å². The van der Waals surface area contributed by atoms with Crippen LogP contribution in [0.3, 0.4) is 0 Å². The Morgan fingerprint density at radius 1 is 1.47 bits per heavy atom. The van der Waals surface area contributed by atoms with Gasteiger partial charge in [-0.05, 0) is 46.8 Å². The number of hydrogen-bond donors (Lipinski definition) is 1. The quantitative estimate of drug-likeness (QED) is 0.900. The van der Waals surface area contributed by atoms with Crippen LogP contribution in [0.1, 0.15) is 18.6 Å². The molecule has 0 bridgehead atoms. The fraction of sp³-hybridized carbons (Fsp3) is 0.300. The van der Waals surface area contributed by atoms with Crippen LogP contribution >= 0.6 is 11.8 Å². The van der Waals surface area contributed by atoms with Crippen molar-refractivity contribution in [2.45, 2.75) is 23.1 Å². The number of aryl methyl sites for hydroxylation is 1. The molecule has 2 aromatic rings. The molecule has 0 aliphatic rings. The summed E-state index contributed by atoms with van der Waals surface area (Å²) in [6, 6.07) is 4.60. The van der Waals surface area contributed by atoms with Crippen LogP contribution in [0.15, 0.2) is 28.3 Å². The van der Waals surface area contributed by atoms with Crippen LogP contribution in [-0.4, -0.2) is 25.3 Å². The van der Waals surface area contributed by atoms with Crippen molar-refractivity contribution in [3.63, 3.8) is 0 Å². The summed E-state index contributed by atoms with van der Waals surface area (Å²) in [6.45, 7) is 1.59. The molecule has 1 atom stereocenters. The average Bonchev–Trinajstić information content (AvgIpc) is 2.67. The minimum absolute atomic E-state index is 0.392. The molecule has 0 aliphatic carbocycles. The first kappa shape index (κ1) is 12.0. The van der Waals surface area contributed by atoms with E-state index in [4.69, 9.17) is 0 Å². The molecule has 0 saturated heterocycles. The molecular formula is C10H11FN4OS. The first-order valence-corrected chi connectivity index (χ1v) is 5.77. The van der Waals surface area contributed by atoms with Crippen LogP contribution in [-0.2, 0) is 7.05 Å². The molecular weight excluding hydrogens is 243 g/mol. The van der Waals surface area contributed by atoms with Gasteiger partial charge in [-0.1, -0.05) is 6.07 Å². The molecule has 1 unspecified atom stereocenters. The third kappa shape index (κ3) is 2.62. The van der Waals surface area contributed by atoms with E-state index in [-0.39, 0.29) is 0 Å². The number of aliphatic hydroxyl groups is 1.